The fraction of sp³-hybridized carbons (Fsp3) is 0.412. The molecule has 1 heterocycles. The standard InChI is InChI=1S/C17H23N3/c1-11(2)9-14-7-6-8-15(10-14)16-12(3)17(18-5)20-13(4)19-16/h6-8,10-11H,9H2,1-5H3,(H,18,19,20). The van der Waals surface area contributed by atoms with Gasteiger partial charge >= 0.3 is 0 Å². The van der Waals surface area contributed by atoms with Crippen LogP contribution in [0.4, 0.5) is 5.82 Å². The molecule has 2 aromatic rings. The zero-order chi connectivity index (χ0) is 14.7. The Morgan fingerprint density at radius 2 is 1.90 bits per heavy atom. The van der Waals surface area contributed by atoms with E-state index < -0.39 is 0 Å². The minimum absolute atomic E-state index is 0.659. The molecule has 1 aromatic carbocycles. The number of nitrogens with zero attached hydrogens (tertiary/aromatic N) is 2. The molecule has 0 atom stereocenters. The van der Waals surface area contributed by atoms with Crippen molar-refractivity contribution in [2.75, 3.05) is 12.4 Å². The van der Waals surface area contributed by atoms with Crippen LogP contribution in [0.25, 0.3) is 11.3 Å². The van der Waals surface area contributed by atoms with Gasteiger partial charge in [0.15, 0.2) is 0 Å². The van der Waals surface area contributed by atoms with Gasteiger partial charge in [0.05, 0.1) is 5.69 Å². The summed E-state index contributed by atoms with van der Waals surface area (Å²) in [6, 6.07) is 8.67. The lowest BCUT2D eigenvalue weighted by Crippen LogP contribution is -2.03. The second kappa shape index (κ2) is 6.04. The van der Waals surface area contributed by atoms with Gasteiger partial charge in [-0.3, -0.25) is 0 Å². The van der Waals surface area contributed by atoms with E-state index in [1.165, 1.54) is 11.1 Å². The van der Waals surface area contributed by atoms with Gasteiger partial charge in [-0.25, -0.2) is 9.97 Å². The van der Waals surface area contributed by atoms with Gasteiger partial charge in [0.25, 0.3) is 0 Å². The first-order chi connectivity index (χ1) is 9.51. The highest BCUT2D eigenvalue weighted by Crippen LogP contribution is 2.26. The Morgan fingerprint density at radius 3 is 2.55 bits per heavy atom. The minimum Gasteiger partial charge on any atom is -0.373 e. The smallest absolute Gasteiger partial charge is 0.132 e. The quantitative estimate of drug-likeness (QED) is 0.911. The van der Waals surface area contributed by atoms with Crippen molar-refractivity contribution in [1.82, 2.24) is 9.97 Å². The summed E-state index contributed by atoms with van der Waals surface area (Å²) >= 11 is 0. The van der Waals surface area contributed by atoms with Gasteiger partial charge in [0.2, 0.25) is 0 Å². The molecule has 0 fully saturated rings. The molecule has 0 bridgehead atoms. The molecule has 1 N–H and O–H groups in total. The molecule has 0 spiro atoms. The summed E-state index contributed by atoms with van der Waals surface area (Å²) in [6.07, 6.45) is 1.09. The average molecular weight is 269 g/mol. The third kappa shape index (κ3) is 3.16. The monoisotopic (exact) mass is 269 g/mol. The predicted molar refractivity (Wildman–Crippen MR) is 85.0 cm³/mol. The van der Waals surface area contributed by atoms with E-state index in [4.69, 9.17) is 0 Å². The number of benzene rings is 1. The van der Waals surface area contributed by atoms with Crippen molar-refractivity contribution < 1.29 is 0 Å². The molecular weight excluding hydrogens is 246 g/mol. The normalized spacial score (nSPS) is 10.9. The summed E-state index contributed by atoms with van der Waals surface area (Å²) in [5.41, 5.74) is 4.65. The molecule has 0 aliphatic heterocycles. The molecular formula is C17H23N3. The van der Waals surface area contributed by atoms with Gasteiger partial charge in [-0.1, -0.05) is 32.0 Å². The van der Waals surface area contributed by atoms with E-state index in [0.717, 1.165) is 29.3 Å². The molecule has 0 saturated heterocycles. The molecule has 0 saturated carbocycles. The third-order valence-corrected chi connectivity index (χ3v) is 3.34. The van der Waals surface area contributed by atoms with Gasteiger partial charge in [-0.15, -0.1) is 0 Å². The number of anilines is 1. The van der Waals surface area contributed by atoms with E-state index in [-0.39, 0.29) is 0 Å². The van der Waals surface area contributed by atoms with Crippen LogP contribution in [-0.2, 0) is 6.42 Å². The first-order valence-corrected chi connectivity index (χ1v) is 7.13. The van der Waals surface area contributed by atoms with Crippen LogP contribution in [0.3, 0.4) is 0 Å². The topological polar surface area (TPSA) is 37.8 Å². The lowest BCUT2D eigenvalue weighted by Gasteiger charge is -2.12. The molecule has 0 aliphatic carbocycles. The van der Waals surface area contributed by atoms with E-state index in [1.54, 1.807) is 0 Å². The molecule has 20 heavy (non-hydrogen) atoms. The van der Waals surface area contributed by atoms with Gasteiger partial charge in [-0.2, -0.15) is 0 Å². The van der Waals surface area contributed by atoms with Crippen LogP contribution >= 0.6 is 0 Å². The second-order valence-electron chi connectivity index (χ2n) is 5.64. The van der Waals surface area contributed by atoms with Gasteiger partial charge in [0, 0.05) is 18.2 Å². The average Bonchev–Trinajstić information content (AvgIpc) is 2.40. The Balaban J connectivity index is 2.48. The van der Waals surface area contributed by atoms with Crippen LogP contribution in [0.1, 0.15) is 30.8 Å². The molecule has 106 valence electrons. The summed E-state index contributed by atoms with van der Waals surface area (Å²) in [5, 5.41) is 3.14. The number of hydrogen-bond acceptors (Lipinski definition) is 3. The highest BCUT2D eigenvalue weighted by Gasteiger charge is 2.10. The third-order valence-electron chi connectivity index (χ3n) is 3.34. The number of hydrogen-bond donors (Lipinski definition) is 1. The van der Waals surface area contributed by atoms with Gasteiger partial charge in [0.1, 0.15) is 11.6 Å². The number of aryl methyl sites for hydroxylation is 1. The Bertz CT molecular complexity index is 603. The summed E-state index contributed by atoms with van der Waals surface area (Å²) in [4.78, 5) is 9.05. The van der Waals surface area contributed by atoms with Crippen LogP contribution in [-0.4, -0.2) is 17.0 Å². The number of aromatic nitrogens is 2. The Hall–Kier alpha value is -1.90. The predicted octanol–water partition coefficient (Wildman–Crippen LogP) is 4.00. The van der Waals surface area contributed by atoms with Crippen LogP contribution in [0.2, 0.25) is 0 Å². The SMILES string of the molecule is CNc1nc(C)nc(-c2cccc(CC(C)C)c2)c1C. The summed E-state index contributed by atoms with van der Waals surface area (Å²) < 4.78 is 0. The molecule has 3 heteroatoms. The van der Waals surface area contributed by atoms with Gasteiger partial charge in [-0.05, 0) is 37.8 Å². The summed E-state index contributed by atoms with van der Waals surface area (Å²) in [6.45, 7) is 8.48. The number of nitrogens with one attached hydrogen (secondary N) is 1. The van der Waals surface area contributed by atoms with Crippen molar-refractivity contribution in [3.63, 3.8) is 0 Å². The van der Waals surface area contributed by atoms with E-state index in [0.29, 0.717) is 5.92 Å². The Morgan fingerprint density at radius 1 is 1.15 bits per heavy atom. The van der Waals surface area contributed by atoms with Crippen molar-refractivity contribution in [1.29, 1.82) is 0 Å². The fourth-order valence-corrected chi connectivity index (χ4v) is 2.47. The largest absolute Gasteiger partial charge is 0.373 e. The van der Waals surface area contributed by atoms with E-state index >= 15 is 0 Å². The fourth-order valence-electron chi connectivity index (χ4n) is 2.47. The van der Waals surface area contributed by atoms with Crippen LogP contribution in [0.5, 0.6) is 0 Å². The van der Waals surface area contributed by atoms with E-state index in [2.05, 4.69) is 60.3 Å². The van der Waals surface area contributed by atoms with E-state index in [9.17, 15) is 0 Å². The van der Waals surface area contributed by atoms with Crippen molar-refractivity contribution in [3.8, 4) is 11.3 Å². The maximum Gasteiger partial charge on any atom is 0.132 e. The second-order valence-corrected chi connectivity index (χ2v) is 5.64. The molecule has 0 amide bonds. The highest BCUT2D eigenvalue weighted by molar-refractivity contribution is 5.68. The highest BCUT2D eigenvalue weighted by atomic mass is 15.0. The van der Waals surface area contributed by atoms with Crippen LogP contribution in [0, 0.1) is 19.8 Å². The first-order valence-electron chi connectivity index (χ1n) is 7.13. The lowest BCUT2D eigenvalue weighted by atomic mass is 9.98. The molecule has 0 radical (unpaired) electrons. The Labute approximate surface area is 121 Å². The molecule has 0 aliphatic rings. The number of rotatable bonds is 4. The molecule has 2 rings (SSSR count). The van der Waals surface area contributed by atoms with Crippen molar-refractivity contribution in [2.45, 2.75) is 34.1 Å². The summed E-state index contributed by atoms with van der Waals surface area (Å²) in [7, 11) is 1.90. The maximum absolute atomic E-state index is 4.62. The van der Waals surface area contributed by atoms with Crippen LogP contribution < -0.4 is 5.32 Å². The summed E-state index contributed by atoms with van der Waals surface area (Å²) in [5.74, 6) is 2.36. The van der Waals surface area contributed by atoms with Crippen molar-refractivity contribution >= 4 is 5.82 Å². The lowest BCUT2D eigenvalue weighted by molar-refractivity contribution is 0.647. The van der Waals surface area contributed by atoms with E-state index in [1.807, 2.05) is 14.0 Å². The maximum atomic E-state index is 4.62. The van der Waals surface area contributed by atoms with Crippen molar-refractivity contribution in [3.05, 3.63) is 41.2 Å². The molecule has 3 nitrogen and oxygen atoms in total. The minimum atomic E-state index is 0.659. The zero-order valence-corrected chi connectivity index (χ0v) is 13.0. The van der Waals surface area contributed by atoms with Gasteiger partial charge < -0.3 is 5.32 Å². The van der Waals surface area contributed by atoms with Crippen LogP contribution in [0.15, 0.2) is 24.3 Å². The molecule has 0 unspecified atom stereocenters. The first kappa shape index (κ1) is 14.5. The van der Waals surface area contributed by atoms with Crippen molar-refractivity contribution in [2.24, 2.45) is 5.92 Å². The Kier molecular flexibility index (Phi) is 4.38. The zero-order valence-electron chi connectivity index (χ0n) is 13.0. The molecule has 1 aromatic heterocycles.